The molecule has 0 radical (unpaired) electrons. The molecule has 0 saturated carbocycles. The normalized spacial score (nSPS) is 10.9. The van der Waals surface area contributed by atoms with Crippen LogP contribution in [0.25, 0.3) is 0 Å². The Balaban J connectivity index is 1.64. The molecule has 2 aromatic heterocycles. The first-order valence-corrected chi connectivity index (χ1v) is 10.7. The number of amides is 1. The topological polar surface area (TPSA) is 121 Å². The molecule has 0 saturated heterocycles. The molecule has 32 heavy (non-hydrogen) atoms. The molecule has 0 bridgehead atoms. The molecule has 3 aromatic rings. The van der Waals surface area contributed by atoms with Crippen molar-refractivity contribution in [2.45, 2.75) is 34.6 Å². The minimum atomic E-state index is -0.381. The molecule has 10 nitrogen and oxygen atoms in total. The average Bonchev–Trinajstić information content (AvgIpc) is 3.22. The van der Waals surface area contributed by atoms with Crippen LogP contribution in [0, 0.1) is 20.8 Å². The van der Waals surface area contributed by atoms with E-state index in [0.29, 0.717) is 18.3 Å². The summed E-state index contributed by atoms with van der Waals surface area (Å²) in [5.74, 6) is 0.998. The van der Waals surface area contributed by atoms with E-state index >= 15 is 0 Å². The van der Waals surface area contributed by atoms with Gasteiger partial charge in [0.2, 0.25) is 17.7 Å². The Morgan fingerprint density at radius 2 is 1.72 bits per heavy atom. The number of nitrogens with zero attached hydrogens (tertiary/aromatic N) is 5. The molecule has 1 aromatic carbocycles. The molecule has 0 fully saturated rings. The summed E-state index contributed by atoms with van der Waals surface area (Å²) >= 11 is 0. The standard InChI is InChI=1S/C22H30N8O2/c1-6-30(7-2)12-11-23-20-25-16(5)26-21(28-20)29-22-24-13-17(32-22)19(31)27-18-14(3)9-8-10-15(18)4/h8-10,13H,6-7,11-12H2,1-5H3,(H,27,31)(H2,23,24,25,26,28,29). The van der Waals surface area contributed by atoms with E-state index < -0.39 is 0 Å². The lowest BCUT2D eigenvalue weighted by Gasteiger charge is -2.18. The number of aromatic nitrogens is 4. The Morgan fingerprint density at radius 1 is 1.03 bits per heavy atom. The number of carbonyl (C=O) groups excluding carboxylic acids is 1. The molecular formula is C22H30N8O2. The highest BCUT2D eigenvalue weighted by Crippen LogP contribution is 2.21. The molecular weight excluding hydrogens is 408 g/mol. The lowest BCUT2D eigenvalue weighted by molar-refractivity contribution is 0.0997. The van der Waals surface area contributed by atoms with Crippen LogP contribution in [-0.4, -0.2) is 56.9 Å². The minimum absolute atomic E-state index is 0.0819. The summed E-state index contributed by atoms with van der Waals surface area (Å²) in [6.07, 6.45) is 1.36. The average molecular weight is 439 g/mol. The van der Waals surface area contributed by atoms with E-state index in [1.807, 2.05) is 32.0 Å². The second kappa shape index (κ2) is 10.7. The first kappa shape index (κ1) is 23.1. The molecule has 0 aliphatic carbocycles. The number of hydrogen-bond acceptors (Lipinski definition) is 9. The summed E-state index contributed by atoms with van der Waals surface area (Å²) in [5, 5.41) is 8.99. The highest BCUT2D eigenvalue weighted by Gasteiger charge is 2.16. The Kier molecular flexibility index (Phi) is 7.72. The fourth-order valence-corrected chi connectivity index (χ4v) is 3.20. The van der Waals surface area contributed by atoms with Crippen LogP contribution >= 0.6 is 0 Å². The summed E-state index contributed by atoms with van der Waals surface area (Å²) in [5.41, 5.74) is 2.70. The molecule has 0 atom stereocenters. The maximum atomic E-state index is 12.6. The zero-order chi connectivity index (χ0) is 23.1. The van der Waals surface area contributed by atoms with E-state index in [2.05, 4.69) is 54.6 Å². The van der Waals surface area contributed by atoms with Crippen molar-refractivity contribution in [3.05, 3.63) is 47.1 Å². The van der Waals surface area contributed by atoms with Crippen molar-refractivity contribution in [2.24, 2.45) is 0 Å². The second-order valence-electron chi connectivity index (χ2n) is 7.36. The SMILES string of the molecule is CCN(CC)CCNc1nc(C)nc(Nc2ncc(C(=O)Nc3c(C)cccc3C)o2)n1. The van der Waals surface area contributed by atoms with Crippen LogP contribution in [0.2, 0.25) is 0 Å². The minimum Gasteiger partial charge on any atom is -0.418 e. The van der Waals surface area contributed by atoms with Crippen LogP contribution in [-0.2, 0) is 0 Å². The highest BCUT2D eigenvalue weighted by molar-refractivity contribution is 6.03. The van der Waals surface area contributed by atoms with E-state index in [4.69, 9.17) is 4.42 Å². The van der Waals surface area contributed by atoms with Crippen LogP contribution in [0.15, 0.2) is 28.8 Å². The van der Waals surface area contributed by atoms with Gasteiger partial charge in [-0.05, 0) is 45.0 Å². The maximum absolute atomic E-state index is 12.6. The highest BCUT2D eigenvalue weighted by atomic mass is 16.4. The Labute approximate surface area is 187 Å². The molecule has 0 aliphatic rings. The van der Waals surface area contributed by atoms with E-state index in [9.17, 15) is 4.79 Å². The van der Waals surface area contributed by atoms with E-state index in [1.54, 1.807) is 6.92 Å². The van der Waals surface area contributed by atoms with E-state index in [-0.39, 0.29) is 23.6 Å². The van der Waals surface area contributed by atoms with Gasteiger partial charge in [0, 0.05) is 18.8 Å². The quantitative estimate of drug-likeness (QED) is 0.436. The van der Waals surface area contributed by atoms with Crippen molar-refractivity contribution in [1.29, 1.82) is 0 Å². The maximum Gasteiger partial charge on any atom is 0.302 e. The Morgan fingerprint density at radius 3 is 2.41 bits per heavy atom. The summed E-state index contributed by atoms with van der Waals surface area (Å²) in [6, 6.07) is 5.94. The van der Waals surface area contributed by atoms with Gasteiger partial charge in [-0.3, -0.25) is 10.1 Å². The Hall–Kier alpha value is -3.53. The summed E-state index contributed by atoms with van der Waals surface area (Å²) in [7, 11) is 0. The predicted molar refractivity (Wildman–Crippen MR) is 124 cm³/mol. The fraction of sp³-hybridized carbons (Fsp3) is 0.409. The third-order valence-electron chi connectivity index (χ3n) is 5.02. The molecule has 1 amide bonds. The molecule has 0 aliphatic heterocycles. The second-order valence-corrected chi connectivity index (χ2v) is 7.36. The monoisotopic (exact) mass is 438 g/mol. The zero-order valence-corrected chi connectivity index (χ0v) is 19.2. The van der Waals surface area contributed by atoms with Gasteiger partial charge in [-0.25, -0.2) is 4.98 Å². The molecule has 2 heterocycles. The molecule has 3 rings (SSSR count). The number of aryl methyl sites for hydroxylation is 3. The number of likely N-dealkylation sites (N-methyl/N-ethyl adjacent to an activating group) is 1. The van der Waals surface area contributed by atoms with Crippen molar-refractivity contribution in [3.8, 4) is 0 Å². The number of rotatable bonds is 10. The van der Waals surface area contributed by atoms with Gasteiger partial charge in [0.1, 0.15) is 5.82 Å². The van der Waals surface area contributed by atoms with Crippen molar-refractivity contribution >= 4 is 29.5 Å². The zero-order valence-electron chi connectivity index (χ0n) is 19.2. The van der Waals surface area contributed by atoms with Crippen LogP contribution in [0.1, 0.15) is 41.4 Å². The van der Waals surface area contributed by atoms with Crippen LogP contribution in [0.4, 0.5) is 23.6 Å². The van der Waals surface area contributed by atoms with Crippen molar-refractivity contribution in [3.63, 3.8) is 0 Å². The number of carbonyl (C=O) groups is 1. The molecule has 3 N–H and O–H groups in total. The molecule has 170 valence electrons. The first-order valence-electron chi connectivity index (χ1n) is 10.7. The fourth-order valence-electron chi connectivity index (χ4n) is 3.20. The van der Waals surface area contributed by atoms with Gasteiger partial charge in [0.25, 0.3) is 5.91 Å². The molecule has 10 heteroatoms. The van der Waals surface area contributed by atoms with Gasteiger partial charge in [-0.2, -0.15) is 15.0 Å². The number of oxazole rings is 1. The number of anilines is 4. The predicted octanol–water partition coefficient (Wildman–Crippen LogP) is 3.53. The van der Waals surface area contributed by atoms with Gasteiger partial charge in [0.05, 0.1) is 6.20 Å². The number of para-hydroxylation sites is 1. The number of nitrogens with one attached hydrogen (secondary N) is 3. The van der Waals surface area contributed by atoms with Gasteiger partial charge < -0.3 is 20.0 Å². The summed E-state index contributed by atoms with van der Waals surface area (Å²) < 4.78 is 5.56. The third-order valence-corrected chi connectivity index (χ3v) is 5.02. The first-order chi connectivity index (χ1) is 15.4. The molecule has 0 spiro atoms. The van der Waals surface area contributed by atoms with Gasteiger partial charge in [0.15, 0.2) is 0 Å². The molecule has 0 unspecified atom stereocenters. The smallest absolute Gasteiger partial charge is 0.302 e. The van der Waals surface area contributed by atoms with E-state index in [0.717, 1.165) is 36.4 Å². The van der Waals surface area contributed by atoms with Gasteiger partial charge >= 0.3 is 6.01 Å². The summed E-state index contributed by atoms with van der Waals surface area (Å²) in [6.45, 7) is 13.5. The van der Waals surface area contributed by atoms with Crippen molar-refractivity contribution in [2.75, 3.05) is 42.1 Å². The van der Waals surface area contributed by atoms with Crippen LogP contribution in [0.3, 0.4) is 0 Å². The lowest BCUT2D eigenvalue weighted by atomic mass is 10.1. The third kappa shape index (κ3) is 6.01. The number of hydrogen-bond donors (Lipinski definition) is 3. The Bertz CT molecular complexity index is 1040. The lowest BCUT2D eigenvalue weighted by Crippen LogP contribution is -2.29. The van der Waals surface area contributed by atoms with E-state index in [1.165, 1.54) is 6.20 Å². The van der Waals surface area contributed by atoms with Crippen LogP contribution in [0.5, 0.6) is 0 Å². The van der Waals surface area contributed by atoms with Gasteiger partial charge in [-0.15, -0.1) is 0 Å². The van der Waals surface area contributed by atoms with Crippen molar-refractivity contribution in [1.82, 2.24) is 24.8 Å². The van der Waals surface area contributed by atoms with Crippen LogP contribution < -0.4 is 16.0 Å². The summed E-state index contributed by atoms with van der Waals surface area (Å²) in [4.78, 5) is 31.9. The number of benzene rings is 1. The largest absolute Gasteiger partial charge is 0.418 e. The van der Waals surface area contributed by atoms with Gasteiger partial charge in [-0.1, -0.05) is 32.0 Å². The van der Waals surface area contributed by atoms with Crippen molar-refractivity contribution < 1.29 is 9.21 Å².